The second kappa shape index (κ2) is 6.64. The van der Waals surface area contributed by atoms with Crippen molar-refractivity contribution in [2.75, 3.05) is 6.54 Å². The Labute approximate surface area is 90.5 Å². The molecule has 1 nitrogen and oxygen atoms in total. The van der Waals surface area contributed by atoms with Gasteiger partial charge >= 0.3 is 0 Å². The van der Waals surface area contributed by atoms with Crippen LogP contribution in [0.15, 0.2) is 17.5 Å². The molecule has 0 bridgehead atoms. The van der Waals surface area contributed by atoms with Crippen LogP contribution in [0.25, 0.3) is 0 Å². The minimum absolute atomic E-state index is 0.419. The van der Waals surface area contributed by atoms with Crippen molar-refractivity contribution >= 4 is 11.3 Å². The van der Waals surface area contributed by atoms with Crippen LogP contribution in [0.1, 0.15) is 37.6 Å². The Bertz CT molecular complexity index is 292. The van der Waals surface area contributed by atoms with Gasteiger partial charge in [0.05, 0.1) is 6.04 Å². The standard InChI is InChI=1S/C12H17NS/c1-3-5-7-11(13-9-4-2)12-8-6-10-14-12/h6,8,10-11,13H,4,7,9H2,1-2H3. The SMILES string of the molecule is CC#CCC(NCCC)c1cccs1. The number of rotatable bonds is 5. The Hall–Kier alpha value is -0.780. The van der Waals surface area contributed by atoms with Crippen LogP contribution in [-0.4, -0.2) is 6.54 Å². The van der Waals surface area contributed by atoms with Gasteiger partial charge in [-0.15, -0.1) is 23.2 Å². The molecule has 0 amide bonds. The number of nitrogens with one attached hydrogen (secondary N) is 1. The Morgan fingerprint density at radius 1 is 1.57 bits per heavy atom. The molecule has 0 spiro atoms. The first-order valence-electron chi connectivity index (χ1n) is 5.04. The fourth-order valence-corrected chi connectivity index (χ4v) is 2.09. The van der Waals surface area contributed by atoms with Gasteiger partial charge in [0.2, 0.25) is 0 Å². The third-order valence-electron chi connectivity index (χ3n) is 2.01. The number of hydrogen-bond acceptors (Lipinski definition) is 2. The van der Waals surface area contributed by atoms with Crippen LogP contribution in [0.2, 0.25) is 0 Å². The number of hydrogen-bond donors (Lipinski definition) is 1. The molecule has 76 valence electrons. The van der Waals surface area contributed by atoms with Crippen molar-refractivity contribution in [3.63, 3.8) is 0 Å². The van der Waals surface area contributed by atoms with Crippen molar-refractivity contribution in [2.24, 2.45) is 0 Å². The zero-order valence-corrected chi connectivity index (χ0v) is 9.66. The summed E-state index contributed by atoms with van der Waals surface area (Å²) in [6.07, 6.45) is 2.08. The monoisotopic (exact) mass is 207 g/mol. The predicted molar refractivity (Wildman–Crippen MR) is 63.4 cm³/mol. The Morgan fingerprint density at radius 2 is 2.43 bits per heavy atom. The van der Waals surface area contributed by atoms with Crippen molar-refractivity contribution in [2.45, 2.75) is 32.7 Å². The second-order valence-corrected chi connectivity index (χ2v) is 4.13. The largest absolute Gasteiger partial charge is 0.308 e. The summed E-state index contributed by atoms with van der Waals surface area (Å²) in [6.45, 7) is 5.14. The van der Waals surface area contributed by atoms with Crippen LogP contribution in [0.4, 0.5) is 0 Å². The lowest BCUT2D eigenvalue weighted by Gasteiger charge is -2.13. The highest BCUT2D eigenvalue weighted by Gasteiger charge is 2.09. The van der Waals surface area contributed by atoms with Crippen molar-refractivity contribution in [3.05, 3.63) is 22.4 Å². The Morgan fingerprint density at radius 3 is 3.00 bits per heavy atom. The van der Waals surface area contributed by atoms with Gasteiger partial charge in [0.25, 0.3) is 0 Å². The zero-order valence-electron chi connectivity index (χ0n) is 8.84. The molecule has 0 fully saturated rings. The Kier molecular flexibility index (Phi) is 5.36. The van der Waals surface area contributed by atoms with Gasteiger partial charge in [0, 0.05) is 11.3 Å². The zero-order chi connectivity index (χ0) is 10.2. The smallest absolute Gasteiger partial charge is 0.0525 e. The first kappa shape index (κ1) is 11.3. The van der Waals surface area contributed by atoms with Crippen molar-refractivity contribution in [1.29, 1.82) is 0 Å². The topological polar surface area (TPSA) is 12.0 Å². The molecule has 0 aliphatic rings. The molecule has 2 heteroatoms. The van der Waals surface area contributed by atoms with Crippen LogP contribution in [0, 0.1) is 11.8 Å². The highest BCUT2D eigenvalue weighted by molar-refractivity contribution is 7.10. The van der Waals surface area contributed by atoms with E-state index in [4.69, 9.17) is 0 Å². The molecular formula is C12H17NS. The minimum Gasteiger partial charge on any atom is -0.308 e. The maximum atomic E-state index is 3.51. The summed E-state index contributed by atoms with van der Waals surface area (Å²) in [6, 6.07) is 4.69. The van der Waals surface area contributed by atoms with E-state index < -0.39 is 0 Å². The molecule has 0 radical (unpaired) electrons. The summed E-state index contributed by atoms with van der Waals surface area (Å²) < 4.78 is 0. The van der Waals surface area contributed by atoms with Crippen LogP contribution in [0.5, 0.6) is 0 Å². The molecule has 0 saturated heterocycles. The summed E-state index contributed by atoms with van der Waals surface area (Å²) in [7, 11) is 0. The van der Waals surface area contributed by atoms with Crippen molar-refractivity contribution in [1.82, 2.24) is 5.32 Å². The lowest BCUT2D eigenvalue weighted by Crippen LogP contribution is -2.20. The van der Waals surface area contributed by atoms with Gasteiger partial charge in [0.1, 0.15) is 0 Å². The van der Waals surface area contributed by atoms with Gasteiger partial charge in [-0.3, -0.25) is 0 Å². The molecule has 1 unspecified atom stereocenters. The van der Waals surface area contributed by atoms with E-state index in [9.17, 15) is 0 Å². The minimum atomic E-state index is 0.419. The van der Waals surface area contributed by atoms with Gasteiger partial charge in [-0.2, -0.15) is 0 Å². The van der Waals surface area contributed by atoms with E-state index in [0.717, 1.165) is 13.0 Å². The fraction of sp³-hybridized carbons (Fsp3) is 0.500. The molecule has 1 aromatic rings. The van der Waals surface area contributed by atoms with Gasteiger partial charge in [0.15, 0.2) is 0 Å². The van der Waals surface area contributed by atoms with Gasteiger partial charge < -0.3 is 5.32 Å². The molecule has 0 aliphatic carbocycles. The average Bonchev–Trinajstić information content (AvgIpc) is 2.71. The fourth-order valence-electron chi connectivity index (χ4n) is 1.29. The third kappa shape index (κ3) is 3.53. The average molecular weight is 207 g/mol. The summed E-state index contributed by atoms with van der Waals surface area (Å²) in [4.78, 5) is 1.39. The molecule has 14 heavy (non-hydrogen) atoms. The van der Waals surface area contributed by atoms with E-state index in [1.54, 1.807) is 11.3 Å². The maximum absolute atomic E-state index is 3.51. The lowest BCUT2D eigenvalue weighted by atomic mass is 10.1. The van der Waals surface area contributed by atoms with E-state index in [1.807, 2.05) is 6.92 Å². The highest BCUT2D eigenvalue weighted by atomic mass is 32.1. The molecule has 1 heterocycles. The first-order chi connectivity index (χ1) is 6.88. The van der Waals surface area contributed by atoms with Crippen molar-refractivity contribution < 1.29 is 0 Å². The van der Waals surface area contributed by atoms with Gasteiger partial charge in [-0.1, -0.05) is 13.0 Å². The summed E-state index contributed by atoms with van der Waals surface area (Å²) >= 11 is 1.80. The molecule has 1 atom stereocenters. The Balaban J connectivity index is 2.55. The maximum Gasteiger partial charge on any atom is 0.0525 e. The summed E-state index contributed by atoms with van der Waals surface area (Å²) in [5.41, 5.74) is 0. The quantitative estimate of drug-likeness (QED) is 0.731. The van der Waals surface area contributed by atoms with E-state index in [1.165, 1.54) is 11.3 Å². The molecule has 1 aromatic heterocycles. The normalized spacial score (nSPS) is 11.9. The van der Waals surface area contributed by atoms with Crippen molar-refractivity contribution in [3.8, 4) is 11.8 Å². The van der Waals surface area contributed by atoms with E-state index in [-0.39, 0.29) is 0 Å². The third-order valence-corrected chi connectivity index (χ3v) is 3.00. The molecule has 1 N–H and O–H groups in total. The molecular weight excluding hydrogens is 190 g/mol. The highest BCUT2D eigenvalue weighted by Crippen LogP contribution is 2.21. The molecule has 0 aliphatic heterocycles. The first-order valence-corrected chi connectivity index (χ1v) is 5.92. The summed E-state index contributed by atoms with van der Waals surface area (Å²) in [5, 5.41) is 5.63. The van der Waals surface area contributed by atoms with E-state index in [0.29, 0.717) is 6.04 Å². The molecule has 1 rings (SSSR count). The van der Waals surface area contributed by atoms with Gasteiger partial charge in [-0.05, 0) is 31.3 Å². The number of thiophene rings is 1. The molecule has 0 aromatic carbocycles. The van der Waals surface area contributed by atoms with Crippen LogP contribution in [0.3, 0.4) is 0 Å². The lowest BCUT2D eigenvalue weighted by molar-refractivity contribution is 0.550. The van der Waals surface area contributed by atoms with Gasteiger partial charge in [-0.25, -0.2) is 0 Å². The summed E-state index contributed by atoms with van der Waals surface area (Å²) in [5.74, 6) is 6.09. The van der Waals surface area contributed by atoms with E-state index >= 15 is 0 Å². The van der Waals surface area contributed by atoms with E-state index in [2.05, 4.69) is 41.6 Å². The van der Waals surface area contributed by atoms with Crippen LogP contribution < -0.4 is 5.32 Å². The van der Waals surface area contributed by atoms with Crippen LogP contribution >= 0.6 is 11.3 Å². The predicted octanol–water partition coefficient (Wildman–Crippen LogP) is 3.20. The molecule has 0 saturated carbocycles. The van der Waals surface area contributed by atoms with Crippen LogP contribution in [-0.2, 0) is 0 Å². The second-order valence-electron chi connectivity index (χ2n) is 3.15.